The molecule has 0 aliphatic rings. The molecular formula is C17H15N3O5. The zero-order valence-corrected chi connectivity index (χ0v) is 13.4. The standard InChI is InChI=1S/C17H15N3O5/c1-23-17(22)14-6-7-24-15(14)9-25-16(21)13-4-2-12(3-5-13)8-20-11-18-10-19-20/h2-7,10-11H,8-9H2,1H3. The third-order valence-electron chi connectivity index (χ3n) is 3.49. The van der Waals surface area contributed by atoms with E-state index in [2.05, 4.69) is 14.8 Å². The number of benzene rings is 1. The Kier molecular flexibility index (Phi) is 4.89. The Hall–Kier alpha value is -3.42. The summed E-state index contributed by atoms with van der Waals surface area (Å²) in [5, 5.41) is 4.02. The van der Waals surface area contributed by atoms with Crippen molar-refractivity contribution in [3.8, 4) is 0 Å². The molecule has 0 unspecified atom stereocenters. The topological polar surface area (TPSA) is 96.5 Å². The van der Waals surface area contributed by atoms with Gasteiger partial charge in [-0.15, -0.1) is 0 Å². The number of hydrogen-bond acceptors (Lipinski definition) is 7. The van der Waals surface area contributed by atoms with E-state index in [-0.39, 0.29) is 17.9 Å². The molecule has 3 rings (SSSR count). The number of nitrogens with zero attached hydrogens (tertiary/aromatic N) is 3. The molecule has 128 valence electrons. The molecule has 2 heterocycles. The average Bonchev–Trinajstić information content (AvgIpc) is 3.31. The molecule has 0 spiro atoms. The van der Waals surface area contributed by atoms with Crippen molar-refractivity contribution in [3.63, 3.8) is 0 Å². The Morgan fingerprint density at radius 1 is 1.16 bits per heavy atom. The van der Waals surface area contributed by atoms with Gasteiger partial charge in [-0.2, -0.15) is 5.10 Å². The van der Waals surface area contributed by atoms with Gasteiger partial charge < -0.3 is 13.9 Å². The highest BCUT2D eigenvalue weighted by Gasteiger charge is 2.17. The lowest BCUT2D eigenvalue weighted by atomic mass is 10.1. The van der Waals surface area contributed by atoms with E-state index in [0.717, 1.165) is 5.56 Å². The molecule has 0 atom stereocenters. The smallest absolute Gasteiger partial charge is 0.341 e. The third-order valence-corrected chi connectivity index (χ3v) is 3.49. The number of hydrogen-bond donors (Lipinski definition) is 0. The van der Waals surface area contributed by atoms with Crippen molar-refractivity contribution in [2.75, 3.05) is 7.11 Å². The number of ether oxygens (including phenoxy) is 2. The zero-order valence-electron chi connectivity index (χ0n) is 13.4. The molecule has 3 aromatic rings. The third kappa shape index (κ3) is 3.92. The summed E-state index contributed by atoms with van der Waals surface area (Å²) in [7, 11) is 1.27. The summed E-state index contributed by atoms with van der Waals surface area (Å²) in [4.78, 5) is 27.5. The normalized spacial score (nSPS) is 10.4. The van der Waals surface area contributed by atoms with Crippen molar-refractivity contribution >= 4 is 11.9 Å². The van der Waals surface area contributed by atoms with Gasteiger partial charge in [-0.3, -0.25) is 0 Å². The van der Waals surface area contributed by atoms with Crippen molar-refractivity contribution < 1.29 is 23.5 Å². The first-order valence-electron chi connectivity index (χ1n) is 7.40. The molecule has 0 saturated carbocycles. The summed E-state index contributed by atoms with van der Waals surface area (Å²) in [6.07, 6.45) is 4.42. The maximum Gasteiger partial charge on any atom is 0.341 e. The minimum atomic E-state index is -0.544. The quantitative estimate of drug-likeness (QED) is 0.633. The second-order valence-corrected chi connectivity index (χ2v) is 5.12. The monoisotopic (exact) mass is 341 g/mol. The van der Waals surface area contributed by atoms with E-state index in [0.29, 0.717) is 12.1 Å². The number of aromatic nitrogens is 3. The molecule has 0 radical (unpaired) electrons. The Balaban J connectivity index is 1.60. The van der Waals surface area contributed by atoms with E-state index in [1.807, 2.05) is 12.1 Å². The molecular weight excluding hydrogens is 326 g/mol. The van der Waals surface area contributed by atoms with Crippen LogP contribution >= 0.6 is 0 Å². The van der Waals surface area contributed by atoms with Gasteiger partial charge >= 0.3 is 11.9 Å². The fourth-order valence-electron chi connectivity index (χ4n) is 2.21. The summed E-state index contributed by atoms with van der Waals surface area (Å²) < 4.78 is 16.7. The molecule has 2 aromatic heterocycles. The van der Waals surface area contributed by atoms with Crippen LogP contribution in [0.5, 0.6) is 0 Å². The molecule has 8 heteroatoms. The molecule has 0 fully saturated rings. The summed E-state index contributed by atoms with van der Waals surface area (Å²) in [5.41, 5.74) is 1.60. The van der Waals surface area contributed by atoms with E-state index in [4.69, 9.17) is 9.15 Å². The van der Waals surface area contributed by atoms with Gasteiger partial charge in [0.05, 0.1) is 25.5 Å². The number of methoxy groups -OCH3 is 1. The minimum absolute atomic E-state index is 0.156. The fraction of sp³-hybridized carbons (Fsp3) is 0.176. The highest BCUT2D eigenvalue weighted by molar-refractivity contribution is 5.91. The Labute approximate surface area is 143 Å². The van der Waals surface area contributed by atoms with Crippen molar-refractivity contribution in [2.24, 2.45) is 0 Å². The summed E-state index contributed by atoms with van der Waals surface area (Å²) in [6, 6.07) is 8.42. The lowest BCUT2D eigenvalue weighted by Crippen LogP contribution is -2.08. The predicted molar refractivity (Wildman–Crippen MR) is 84.7 cm³/mol. The van der Waals surface area contributed by atoms with Crippen LogP contribution < -0.4 is 0 Å². The van der Waals surface area contributed by atoms with Crippen LogP contribution in [0.15, 0.2) is 53.7 Å². The van der Waals surface area contributed by atoms with Crippen LogP contribution in [0, 0.1) is 0 Å². The lowest BCUT2D eigenvalue weighted by molar-refractivity contribution is 0.0432. The molecule has 0 aliphatic heterocycles. The van der Waals surface area contributed by atoms with E-state index >= 15 is 0 Å². The molecule has 0 saturated heterocycles. The van der Waals surface area contributed by atoms with Crippen LogP contribution in [0.1, 0.15) is 32.0 Å². The van der Waals surface area contributed by atoms with Gasteiger partial charge in [0.1, 0.15) is 18.2 Å². The molecule has 25 heavy (non-hydrogen) atoms. The van der Waals surface area contributed by atoms with E-state index in [1.54, 1.807) is 23.1 Å². The van der Waals surface area contributed by atoms with Crippen LogP contribution in [0.3, 0.4) is 0 Å². The van der Waals surface area contributed by atoms with E-state index < -0.39 is 11.9 Å². The molecule has 0 aliphatic carbocycles. The lowest BCUT2D eigenvalue weighted by Gasteiger charge is -2.06. The largest absolute Gasteiger partial charge is 0.465 e. The minimum Gasteiger partial charge on any atom is -0.465 e. The van der Waals surface area contributed by atoms with Gasteiger partial charge in [0.2, 0.25) is 0 Å². The first-order chi connectivity index (χ1) is 12.2. The van der Waals surface area contributed by atoms with Gasteiger partial charge in [0.25, 0.3) is 0 Å². The van der Waals surface area contributed by atoms with Crippen LogP contribution in [0.25, 0.3) is 0 Å². The van der Waals surface area contributed by atoms with Gasteiger partial charge in [-0.25, -0.2) is 19.3 Å². The molecule has 0 N–H and O–H groups in total. The molecule has 0 amide bonds. The van der Waals surface area contributed by atoms with Crippen molar-refractivity contribution in [3.05, 3.63) is 71.7 Å². The summed E-state index contributed by atoms with van der Waals surface area (Å²) in [5.74, 6) is -0.820. The van der Waals surface area contributed by atoms with Crippen molar-refractivity contribution in [1.29, 1.82) is 0 Å². The van der Waals surface area contributed by atoms with Gasteiger partial charge in [0, 0.05) is 0 Å². The second-order valence-electron chi connectivity index (χ2n) is 5.12. The van der Waals surface area contributed by atoms with Crippen molar-refractivity contribution in [2.45, 2.75) is 13.2 Å². The maximum absolute atomic E-state index is 12.1. The summed E-state index contributed by atoms with van der Waals surface area (Å²) >= 11 is 0. The first kappa shape index (κ1) is 16.4. The van der Waals surface area contributed by atoms with E-state index in [9.17, 15) is 9.59 Å². The van der Waals surface area contributed by atoms with E-state index in [1.165, 1.54) is 25.8 Å². The SMILES string of the molecule is COC(=O)c1ccoc1COC(=O)c1ccc(Cn2cncn2)cc1. The maximum atomic E-state index is 12.1. The first-order valence-corrected chi connectivity index (χ1v) is 7.40. The molecule has 0 bridgehead atoms. The fourth-order valence-corrected chi connectivity index (χ4v) is 2.21. The van der Waals surface area contributed by atoms with Crippen LogP contribution in [-0.2, 0) is 22.6 Å². The van der Waals surface area contributed by atoms with Gasteiger partial charge in [0.15, 0.2) is 12.4 Å². The second kappa shape index (κ2) is 7.43. The summed E-state index contributed by atoms with van der Waals surface area (Å²) in [6.45, 7) is 0.404. The highest BCUT2D eigenvalue weighted by atomic mass is 16.5. The Bertz CT molecular complexity index is 853. The van der Waals surface area contributed by atoms with Crippen LogP contribution in [-0.4, -0.2) is 33.8 Å². The zero-order chi connectivity index (χ0) is 17.6. The van der Waals surface area contributed by atoms with Gasteiger partial charge in [-0.05, 0) is 23.8 Å². The molecule has 8 nitrogen and oxygen atoms in total. The van der Waals surface area contributed by atoms with Crippen LogP contribution in [0.2, 0.25) is 0 Å². The molecule has 1 aromatic carbocycles. The number of carbonyl (C=O) groups is 2. The average molecular weight is 341 g/mol. The number of rotatable bonds is 6. The van der Waals surface area contributed by atoms with Gasteiger partial charge in [-0.1, -0.05) is 12.1 Å². The predicted octanol–water partition coefficient (Wildman–Crippen LogP) is 2.06. The Morgan fingerprint density at radius 2 is 1.96 bits per heavy atom. The number of esters is 2. The number of carbonyl (C=O) groups excluding carboxylic acids is 2. The Morgan fingerprint density at radius 3 is 2.64 bits per heavy atom. The highest BCUT2D eigenvalue weighted by Crippen LogP contribution is 2.14. The number of furan rings is 1. The van der Waals surface area contributed by atoms with Crippen LogP contribution in [0.4, 0.5) is 0 Å². The van der Waals surface area contributed by atoms with Crippen molar-refractivity contribution in [1.82, 2.24) is 14.8 Å².